The molecule has 9 nitrogen and oxygen atoms in total. The Morgan fingerprint density at radius 3 is 2.59 bits per heavy atom. The number of nitrogens with zero attached hydrogens (tertiary/aromatic N) is 5. The lowest BCUT2D eigenvalue weighted by atomic mass is 9.92. The first-order chi connectivity index (χ1) is 14.2. The molecular formula is C19H14FN7O2. The van der Waals surface area contributed by atoms with Crippen LogP contribution in [0, 0.1) is 5.82 Å². The van der Waals surface area contributed by atoms with Crippen molar-refractivity contribution in [1.29, 1.82) is 0 Å². The molecule has 29 heavy (non-hydrogen) atoms. The lowest BCUT2D eigenvalue weighted by molar-refractivity contribution is 0.415. The molecule has 0 saturated heterocycles. The molecule has 1 aliphatic rings. The Balaban J connectivity index is 1.78. The number of tetrazole rings is 1. The second kappa shape index (κ2) is 6.51. The number of fused-ring (bicyclic) bond motifs is 2. The number of H-pyrrole nitrogens is 1. The molecule has 144 valence electrons. The zero-order valence-corrected chi connectivity index (χ0v) is 15.1. The average Bonchev–Trinajstić information content (AvgIpc) is 3.22. The average molecular weight is 391 g/mol. The zero-order valence-electron chi connectivity index (χ0n) is 15.1. The standard InChI is InChI=1S/C19H14FN7O2/c1-29-13-8-4-10(5-9-13)15-14-16(18(28)23-22-15)21-19-24-25-26-27(19)17(14)11-2-6-12(20)7-3-11/h2-9,17H,1H3,(H,23,28)(H,21,24,26)/t17-/m0/s1. The summed E-state index contributed by atoms with van der Waals surface area (Å²) in [4.78, 5) is 12.6. The van der Waals surface area contributed by atoms with Gasteiger partial charge in [-0.1, -0.05) is 17.2 Å². The molecule has 0 saturated carbocycles. The maximum atomic E-state index is 13.5. The number of aromatic amines is 1. The van der Waals surface area contributed by atoms with Crippen LogP contribution in [0.1, 0.15) is 17.2 Å². The van der Waals surface area contributed by atoms with Crippen LogP contribution in [0.5, 0.6) is 5.75 Å². The van der Waals surface area contributed by atoms with Crippen molar-refractivity contribution in [3.8, 4) is 17.0 Å². The molecule has 2 aromatic heterocycles. The van der Waals surface area contributed by atoms with E-state index in [1.54, 1.807) is 36.1 Å². The van der Waals surface area contributed by atoms with E-state index in [1.165, 1.54) is 12.1 Å². The van der Waals surface area contributed by atoms with Gasteiger partial charge >= 0.3 is 0 Å². The van der Waals surface area contributed by atoms with Gasteiger partial charge in [0.15, 0.2) is 0 Å². The molecule has 0 fully saturated rings. The van der Waals surface area contributed by atoms with Crippen LogP contribution in [0.15, 0.2) is 53.3 Å². The molecule has 0 unspecified atom stereocenters. The first kappa shape index (κ1) is 17.0. The zero-order chi connectivity index (χ0) is 20.0. The van der Waals surface area contributed by atoms with E-state index >= 15 is 0 Å². The minimum absolute atomic E-state index is 0.294. The number of aromatic nitrogens is 6. The molecule has 5 rings (SSSR count). The van der Waals surface area contributed by atoms with Gasteiger partial charge in [0, 0.05) is 11.1 Å². The molecule has 0 aliphatic carbocycles. The number of nitrogens with one attached hydrogen (secondary N) is 2. The lowest BCUT2D eigenvalue weighted by Gasteiger charge is -2.27. The van der Waals surface area contributed by atoms with Crippen LogP contribution < -0.4 is 15.6 Å². The van der Waals surface area contributed by atoms with Crippen molar-refractivity contribution in [3.63, 3.8) is 0 Å². The van der Waals surface area contributed by atoms with E-state index in [9.17, 15) is 9.18 Å². The molecular weight excluding hydrogens is 377 g/mol. The van der Waals surface area contributed by atoms with Crippen LogP contribution in [0.2, 0.25) is 0 Å². The Bertz CT molecular complexity index is 1250. The normalized spacial score (nSPS) is 14.6. The highest BCUT2D eigenvalue weighted by Gasteiger charge is 2.34. The minimum Gasteiger partial charge on any atom is -0.497 e. The Hall–Kier alpha value is -4.08. The van der Waals surface area contributed by atoms with Gasteiger partial charge in [-0.15, -0.1) is 0 Å². The summed E-state index contributed by atoms with van der Waals surface area (Å²) in [6.45, 7) is 0. The maximum absolute atomic E-state index is 13.5. The molecule has 2 N–H and O–H groups in total. The summed E-state index contributed by atoms with van der Waals surface area (Å²) >= 11 is 0. The summed E-state index contributed by atoms with van der Waals surface area (Å²) in [5.41, 5.74) is 2.50. The van der Waals surface area contributed by atoms with E-state index in [1.807, 2.05) is 12.1 Å². The van der Waals surface area contributed by atoms with Crippen molar-refractivity contribution in [2.45, 2.75) is 6.04 Å². The van der Waals surface area contributed by atoms with E-state index in [0.29, 0.717) is 34.2 Å². The molecule has 0 amide bonds. The van der Waals surface area contributed by atoms with E-state index < -0.39 is 11.6 Å². The van der Waals surface area contributed by atoms with Gasteiger partial charge in [0.05, 0.1) is 12.8 Å². The van der Waals surface area contributed by atoms with Gasteiger partial charge in [-0.05, 0) is 52.4 Å². The van der Waals surface area contributed by atoms with Gasteiger partial charge in [-0.3, -0.25) is 4.79 Å². The largest absolute Gasteiger partial charge is 0.497 e. The third-order valence-electron chi connectivity index (χ3n) is 4.82. The Morgan fingerprint density at radius 2 is 1.86 bits per heavy atom. The number of halogens is 1. The van der Waals surface area contributed by atoms with Crippen LogP contribution >= 0.6 is 0 Å². The predicted molar refractivity (Wildman–Crippen MR) is 102 cm³/mol. The molecule has 2 aromatic carbocycles. The lowest BCUT2D eigenvalue weighted by Crippen LogP contribution is -2.29. The van der Waals surface area contributed by atoms with Crippen molar-refractivity contribution in [3.05, 3.63) is 75.8 Å². The van der Waals surface area contributed by atoms with Gasteiger partial charge in [0.1, 0.15) is 23.3 Å². The summed E-state index contributed by atoms with van der Waals surface area (Å²) in [6.07, 6.45) is 0. The number of anilines is 2. The summed E-state index contributed by atoms with van der Waals surface area (Å²) in [5, 5.41) is 21.5. The highest BCUT2D eigenvalue weighted by molar-refractivity contribution is 5.75. The fourth-order valence-corrected chi connectivity index (χ4v) is 3.46. The Kier molecular flexibility index (Phi) is 3.83. The first-order valence-corrected chi connectivity index (χ1v) is 8.73. The highest BCUT2D eigenvalue weighted by Crippen LogP contribution is 2.41. The van der Waals surface area contributed by atoms with Crippen molar-refractivity contribution in [2.75, 3.05) is 12.4 Å². The van der Waals surface area contributed by atoms with E-state index in [-0.39, 0.29) is 5.82 Å². The molecule has 4 aromatic rings. The number of benzene rings is 2. The van der Waals surface area contributed by atoms with Gasteiger partial charge in [-0.25, -0.2) is 9.49 Å². The molecule has 1 atom stereocenters. The number of methoxy groups -OCH3 is 1. The van der Waals surface area contributed by atoms with Gasteiger partial charge < -0.3 is 10.1 Å². The van der Waals surface area contributed by atoms with Crippen LogP contribution in [0.4, 0.5) is 16.0 Å². The summed E-state index contributed by atoms with van der Waals surface area (Å²) in [7, 11) is 1.59. The third-order valence-corrected chi connectivity index (χ3v) is 4.82. The SMILES string of the molecule is COc1ccc(-c2n[nH]c(=O)c3c2[C@H](c2ccc(F)cc2)n2nnnc2N3)cc1. The molecule has 3 heterocycles. The topological polar surface area (TPSA) is 111 Å². The number of rotatable bonds is 3. The molecule has 10 heteroatoms. The van der Waals surface area contributed by atoms with Crippen LogP contribution in [0.25, 0.3) is 11.3 Å². The van der Waals surface area contributed by atoms with Crippen molar-refractivity contribution < 1.29 is 9.13 Å². The van der Waals surface area contributed by atoms with E-state index in [4.69, 9.17) is 4.74 Å². The summed E-state index contributed by atoms with van der Waals surface area (Å²) in [5.74, 6) is 0.645. The Morgan fingerprint density at radius 1 is 1.10 bits per heavy atom. The van der Waals surface area contributed by atoms with Crippen molar-refractivity contribution in [2.24, 2.45) is 0 Å². The van der Waals surface area contributed by atoms with E-state index in [2.05, 4.69) is 31.0 Å². The molecule has 1 aliphatic heterocycles. The maximum Gasteiger partial charge on any atom is 0.288 e. The van der Waals surface area contributed by atoms with Crippen molar-refractivity contribution in [1.82, 2.24) is 30.4 Å². The fourth-order valence-electron chi connectivity index (χ4n) is 3.46. The van der Waals surface area contributed by atoms with Crippen LogP contribution in [-0.2, 0) is 0 Å². The molecule has 0 radical (unpaired) electrons. The summed E-state index contributed by atoms with van der Waals surface area (Å²) < 4.78 is 20.3. The quantitative estimate of drug-likeness (QED) is 0.485. The predicted octanol–water partition coefficient (Wildman–Crippen LogP) is 2.27. The third kappa shape index (κ3) is 2.73. The highest BCUT2D eigenvalue weighted by atomic mass is 19.1. The smallest absolute Gasteiger partial charge is 0.288 e. The fraction of sp³-hybridized carbons (Fsp3) is 0.105. The monoisotopic (exact) mass is 391 g/mol. The number of hydrogen-bond acceptors (Lipinski definition) is 7. The Labute approximate surface area is 163 Å². The van der Waals surface area contributed by atoms with E-state index in [0.717, 1.165) is 5.56 Å². The van der Waals surface area contributed by atoms with Gasteiger partial charge in [0.2, 0.25) is 5.95 Å². The first-order valence-electron chi connectivity index (χ1n) is 8.73. The second-order valence-corrected chi connectivity index (χ2v) is 6.44. The molecule has 0 spiro atoms. The van der Waals surface area contributed by atoms with Crippen LogP contribution in [0.3, 0.4) is 0 Å². The second-order valence-electron chi connectivity index (χ2n) is 6.44. The van der Waals surface area contributed by atoms with Crippen molar-refractivity contribution >= 4 is 11.6 Å². The number of hydrogen-bond donors (Lipinski definition) is 2. The summed E-state index contributed by atoms with van der Waals surface area (Å²) in [6, 6.07) is 12.7. The van der Waals surface area contributed by atoms with Gasteiger partial charge in [0.25, 0.3) is 5.56 Å². The van der Waals surface area contributed by atoms with Crippen LogP contribution in [-0.4, -0.2) is 37.5 Å². The molecule has 0 bridgehead atoms. The number of ether oxygens (including phenoxy) is 1. The van der Waals surface area contributed by atoms with Gasteiger partial charge in [-0.2, -0.15) is 9.78 Å². The minimum atomic E-state index is -0.566.